The molecule has 1 aliphatic heterocycles. The average molecular weight is 308 g/mol. The highest BCUT2D eigenvalue weighted by atomic mass is 16.7. The van der Waals surface area contributed by atoms with Crippen LogP contribution in [-0.4, -0.2) is 44.9 Å². The predicted molar refractivity (Wildman–Crippen MR) is 79.0 cm³/mol. The van der Waals surface area contributed by atoms with Crippen molar-refractivity contribution in [3.63, 3.8) is 0 Å². The molecule has 2 N–H and O–H groups in total. The van der Waals surface area contributed by atoms with E-state index in [0.29, 0.717) is 36.8 Å². The molecule has 0 radical (unpaired) electrons. The maximum Gasteiger partial charge on any atom is 0.251 e. The first-order valence-electron chi connectivity index (χ1n) is 7.23. The fourth-order valence-electron chi connectivity index (χ4n) is 1.91. The van der Waals surface area contributed by atoms with Crippen LogP contribution in [0.3, 0.4) is 0 Å². The van der Waals surface area contributed by atoms with Crippen molar-refractivity contribution in [2.45, 2.75) is 13.3 Å². The molecule has 0 aromatic heterocycles. The van der Waals surface area contributed by atoms with Crippen LogP contribution in [-0.2, 0) is 9.53 Å². The van der Waals surface area contributed by atoms with Crippen molar-refractivity contribution in [3.8, 4) is 11.5 Å². The fourth-order valence-corrected chi connectivity index (χ4v) is 1.91. The van der Waals surface area contributed by atoms with Gasteiger partial charge in [-0.1, -0.05) is 0 Å². The second-order valence-electron chi connectivity index (χ2n) is 4.65. The van der Waals surface area contributed by atoms with E-state index in [2.05, 4.69) is 10.6 Å². The van der Waals surface area contributed by atoms with Crippen LogP contribution in [0, 0.1) is 0 Å². The Morgan fingerprint density at radius 1 is 1.23 bits per heavy atom. The van der Waals surface area contributed by atoms with Gasteiger partial charge in [-0.25, -0.2) is 0 Å². The Labute approximate surface area is 128 Å². The minimum atomic E-state index is -0.331. The first-order chi connectivity index (χ1) is 10.7. The normalized spacial score (nSPS) is 12.0. The number of nitrogens with one attached hydrogen (secondary N) is 2. The molecule has 0 saturated heterocycles. The molecular weight excluding hydrogens is 288 g/mol. The first kappa shape index (κ1) is 16.1. The summed E-state index contributed by atoms with van der Waals surface area (Å²) in [6.07, 6.45) is 0.746. The summed E-state index contributed by atoms with van der Waals surface area (Å²) in [5, 5.41) is 5.28. The van der Waals surface area contributed by atoms with Crippen LogP contribution < -0.4 is 20.1 Å². The summed E-state index contributed by atoms with van der Waals surface area (Å²) < 4.78 is 15.5. The number of ether oxygens (including phenoxy) is 3. The van der Waals surface area contributed by atoms with Crippen LogP contribution in [0.15, 0.2) is 18.2 Å². The quantitative estimate of drug-likeness (QED) is 0.690. The minimum absolute atomic E-state index is 0.0675. The largest absolute Gasteiger partial charge is 0.454 e. The predicted octanol–water partition coefficient (Wildman–Crippen LogP) is 0.688. The van der Waals surface area contributed by atoms with Gasteiger partial charge in [-0.15, -0.1) is 0 Å². The molecule has 0 saturated carbocycles. The molecule has 7 nitrogen and oxygen atoms in total. The topological polar surface area (TPSA) is 85.9 Å². The standard InChI is InChI=1S/C15H20N2O5/c1-2-20-7-3-6-16-14(18)9-17-15(19)11-4-5-12-13(8-11)22-10-21-12/h4-5,8H,2-3,6-7,9-10H2,1H3,(H,16,18)(H,17,19). The molecule has 0 bridgehead atoms. The van der Waals surface area contributed by atoms with Crippen molar-refractivity contribution < 1.29 is 23.8 Å². The molecule has 0 aliphatic carbocycles. The average Bonchev–Trinajstić information content (AvgIpc) is 2.99. The van der Waals surface area contributed by atoms with Crippen LogP contribution in [0.25, 0.3) is 0 Å². The monoisotopic (exact) mass is 308 g/mol. The smallest absolute Gasteiger partial charge is 0.251 e. The van der Waals surface area contributed by atoms with Gasteiger partial charge in [0.2, 0.25) is 12.7 Å². The highest BCUT2D eigenvalue weighted by Crippen LogP contribution is 2.32. The third-order valence-corrected chi connectivity index (χ3v) is 3.04. The Bertz CT molecular complexity index is 533. The van der Waals surface area contributed by atoms with Crippen LogP contribution in [0.1, 0.15) is 23.7 Å². The van der Waals surface area contributed by atoms with E-state index in [-0.39, 0.29) is 25.2 Å². The molecule has 1 aromatic rings. The third kappa shape index (κ3) is 4.63. The molecule has 2 amide bonds. The third-order valence-electron chi connectivity index (χ3n) is 3.04. The Hall–Kier alpha value is -2.28. The van der Waals surface area contributed by atoms with Gasteiger partial charge < -0.3 is 24.8 Å². The van der Waals surface area contributed by atoms with Gasteiger partial charge in [0.05, 0.1) is 6.54 Å². The van der Waals surface area contributed by atoms with Gasteiger partial charge in [-0.3, -0.25) is 9.59 Å². The first-order valence-corrected chi connectivity index (χ1v) is 7.23. The summed E-state index contributed by atoms with van der Waals surface area (Å²) in [7, 11) is 0. The fraction of sp³-hybridized carbons (Fsp3) is 0.467. The summed E-state index contributed by atoms with van der Waals surface area (Å²) in [6, 6.07) is 4.89. The molecular formula is C15H20N2O5. The van der Waals surface area contributed by atoms with Crippen molar-refractivity contribution >= 4 is 11.8 Å². The number of carbonyl (C=O) groups is 2. The number of hydrogen-bond donors (Lipinski definition) is 2. The van der Waals surface area contributed by atoms with Crippen molar-refractivity contribution in [2.24, 2.45) is 0 Å². The van der Waals surface area contributed by atoms with Crippen molar-refractivity contribution in [1.29, 1.82) is 0 Å². The Balaban J connectivity index is 1.70. The molecule has 7 heteroatoms. The summed E-state index contributed by atoms with van der Waals surface area (Å²) in [5.74, 6) is 0.588. The van der Waals surface area contributed by atoms with E-state index in [9.17, 15) is 9.59 Å². The number of hydrogen-bond acceptors (Lipinski definition) is 5. The summed E-state index contributed by atoms with van der Waals surface area (Å²) in [5.41, 5.74) is 0.424. The van der Waals surface area contributed by atoms with Gasteiger partial charge in [-0.05, 0) is 31.5 Å². The van der Waals surface area contributed by atoms with Gasteiger partial charge in [0.1, 0.15) is 0 Å². The van der Waals surface area contributed by atoms with E-state index in [1.54, 1.807) is 18.2 Å². The Kier molecular flexibility index (Phi) is 6.02. The highest BCUT2D eigenvalue weighted by molar-refractivity contribution is 5.97. The van der Waals surface area contributed by atoms with E-state index >= 15 is 0 Å². The van der Waals surface area contributed by atoms with E-state index < -0.39 is 0 Å². The van der Waals surface area contributed by atoms with Gasteiger partial charge in [0, 0.05) is 25.3 Å². The summed E-state index contributed by atoms with van der Waals surface area (Å²) in [6.45, 7) is 3.81. The lowest BCUT2D eigenvalue weighted by Gasteiger charge is -2.07. The van der Waals surface area contributed by atoms with Crippen molar-refractivity contribution in [3.05, 3.63) is 23.8 Å². The number of benzene rings is 1. The number of carbonyl (C=O) groups excluding carboxylic acids is 2. The van der Waals surface area contributed by atoms with Gasteiger partial charge >= 0.3 is 0 Å². The van der Waals surface area contributed by atoms with Crippen molar-refractivity contribution in [2.75, 3.05) is 33.1 Å². The molecule has 1 heterocycles. The van der Waals surface area contributed by atoms with E-state index in [0.717, 1.165) is 6.42 Å². The lowest BCUT2D eigenvalue weighted by Crippen LogP contribution is -2.37. The van der Waals surface area contributed by atoms with Crippen molar-refractivity contribution in [1.82, 2.24) is 10.6 Å². The van der Waals surface area contributed by atoms with E-state index in [1.165, 1.54) is 0 Å². The Morgan fingerprint density at radius 2 is 2.05 bits per heavy atom. The number of amides is 2. The van der Waals surface area contributed by atoms with Crippen LogP contribution in [0.4, 0.5) is 0 Å². The highest BCUT2D eigenvalue weighted by Gasteiger charge is 2.16. The second kappa shape index (κ2) is 8.23. The second-order valence-corrected chi connectivity index (χ2v) is 4.65. The number of fused-ring (bicyclic) bond motifs is 1. The summed E-state index contributed by atoms with van der Waals surface area (Å²) in [4.78, 5) is 23.5. The SMILES string of the molecule is CCOCCCNC(=O)CNC(=O)c1ccc2c(c1)OCO2. The van der Waals surface area contributed by atoms with Gasteiger partial charge in [-0.2, -0.15) is 0 Å². The molecule has 1 aromatic carbocycles. The number of rotatable bonds is 8. The molecule has 0 spiro atoms. The molecule has 22 heavy (non-hydrogen) atoms. The molecule has 1 aliphatic rings. The maximum absolute atomic E-state index is 12.0. The van der Waals surface area contributed by atoms with Gasteiger partial charge in [0.15, 0.2) is 11.5 Å². The van der Waals surface area contributed by atoms with Crippen LogP contribution in [0.5, 0.6) is 11.5 Å². The van der Waals surface area contributed by atoms with Gasteiger partial charge in [0.25, 0.3) is 5.91 Å². The zero-order valence-electron chi connectivity index (χ0n) is 12.5. The lowest BCUT2D eigenvalue weighted by atomic mass is 10.2. The Morgan fingerprint density at radius 3 is 2.86 bits per heavy atom. The summed E-state index contributed by atoms with van der Waals surface area (Å²) >= 11 is 0. The van der Waals surface area contributed by atoms with Crippen LogP contribution >= 0.6 is 0 Å². The molecule has 0 fully saturated rings. The molecule has 2 rings (SSSR count). The lowest BCUT2D eigenvalue weighted by molar-refractivity contribution is -0.120. The molecule has 0 atom stereocenters. The minimum Gasteiger partial charge on any atom is -0.454 e. The van der Waals surface area contributed by atoms with E-state index in [1.807, 2.05) is 6.92 Å². The van der Waals surface area contributed by atoms with Crippen LogP contribution in [0.2, 0.25) is 0 Å². The molecule has 0 unspecified atom stereocenters. The zero-order chi connectivity index (χ0) is 15.8. The van der Waals surface area contributed by atoms with E-state index in [4.69, 9.17) is 14.2 Å². The molecule has 120 valence electrons. The maximum atomic E-state index is 12.0. The zero-order valence-corrected chi connectivity index (χ0v) is 12.5.